The molecule has 0 amide bonds. The molecule has 0 aliphatic carbocycles. The molecule has 0 spiro atoms. The molecule has 11 nitrogen and oxygen atoms in total. The summed E-state index contributed by atoms with van der Waals surface area (Å²) in [5, 5.41) is 0. The maximum Gasteiger partial charge on any atom is 0.514 e. The smallest absolute Gasteiger partial charge is 0.431 e. The van der Waals surface area contributed by atoms with Crippen molar-refractivity contribution in [2.75, 3.05) is 6.16 Å². The van der Waals surface area contributed by atoms with E-state index >= 15 is 0 Å². The van der Waals surface area contributed by atoms with Gasteiger partial charge in [0, 0.05) is 6.54 Å². The standard InChI is InChI=1S/C17H22FN2O9P/c1-10(2)26-15(23)28-17(29-16(24)27-11(3)4)30(25)8-6-5-7-20-9-12(18)13(21)19-14(20)22/h5-6,9-11,17H,7-8H2,1-4H3/p+1/b6-5+. The van der Waals surface area contributed by atoms with Gasteiger partial charge in [-0.25, -0.2) is 14.4 Å². The lowest BCUT2D eigenvalue weighted by Gasteiger charge is -2.13. The summed E-state index contributed by atoms with van der Waals surface area (Å²) < 4.78 is 45.7. The monoisotopic (exact) mass is 449 g/mol. The van der Waals surface area contributed by atoms with Crippen molar-refractivity contribution in [3.8, 4) is 0 Å². The van der Waals surface area contributed by atoms with E-state index in [2.05, 4.69) is 0 Å². The maximum absolute atomic E-state index is 13.2. The second-order valence-electron chi connectivity index (χ2n) is 6.34. The fraction of sp³-hybridized carbons (Fsp3) is 0.529. The predicted molar refractivity (Wildman–Crippen MR) is 102 cm³/mol. The minimum Gasteiger partial charge on any atom is -0.431 e. The van der Waals surface area contributed by atoms with Crippen LogP contribution in [0.4, 0.5) is 14.0 Å². The third-order valence-corrected chi connectivity index (χ3v) is 4.27. The molecule has 166 valence electrons. The summed E-state index contributed by atoms with van der Waals surface area (Å²) in [5.74, 6) is -1.14. The normalized spacial score (nSPS) is 11.8. The highest BCUT2D eigenvalue weighted by atomic mass is 31.1. The number of H-pyrrole nitrogens is 1. The Balaban J connectivity index is 2.77. The SMILES string of the molecule is CC(C)OC(=O)OC(OC(=O)OC(C)C)[P+](=O)C/C=C/Cn1cc(F)c(=O)[nH]c1=O. The highest BCUT2D eigenvalue weighted by molar-refractivity contribution is 7.45. The number of carbonyl (C=O) groups excluding carboxylic acids is 2. The molecule has 0 aliphatic rings. The van der Waals surface area contributed by atoms with Crippen LogP contribution in [0.3, 0.4) is 0 Å². The van der Waals surface area contributed by atoms with Crippen LogP contribution in [-0.2, 0) is 30.1 Å². The first-order valence-corrected chi connectivity index (χ1v) is 10.3. The van der Waals surface area contributed by atoms with Crippen molar-refractivity contribution in [3.63, 3.8) is 0 Å². The van der Waals surface area contributed by atoms with Gasteiger partial charge in [-0.3, -0.25) is 14.3 Å². The number of halogens is 1. The molecule has 0 bridgehead atoms. The van der Waals surface area contributed by atoms with E-state index < -0.39 is 55.4 Å². The van der Waals surface area contributed by atoms with E-state index in [0.29, 0.717) is 0 Å². The predicted octanol–water partition coefficient (Wildman–Crippen LogP) is 2.47. The number of aromatic amines is 1. The van der Waals surface area contributed by atoms with E-state index in [0.717, 1.165) is 10.8 Å². The minimum absolute atomic E-state index is 0.132. The highest BCUT2D eigenvalue weighted by Crippen LogP contribution is 2.31. The van der Waals surface area contributed by atoms with Crippen LogP contribution in [-0.4, -0.2) is 46.3 Å². The summed E-state index contributed by atoms with van der Waals surface area (Å²) in [5.41, 5.74) is -1.96. The van der Waals surface area contributed by atoms with Crippen LogP contribution in [0.1, 0.15) is 27.7 Å². The molecule has 0 aliphatic heterocycles. The van der Waals surface area contributed by atoms with Crippen molar-refractivity contribution in [1.82, 2.24) is 9.55 Å². The Labute approximate surface area is 171 Å². The van der Waals surface area contributed by atoms with Crippen molar-refractivity contribution in [2.24, 2.45) is 0 Å². The highest BCUT2D eigenvalue weighted by Gasteiger charge is 2.38. The van der Waals surface area contributed by atoms with Gasteiger partial charge in [-0.05, 0) is 33.8 Å². The molecule has 1 atom stereocenters. The quantitative estimate of drug-likeness (QED) is 0.260. The number of allylic oxidation sites excluding steroid dienone is 2. The summed E-state index contributed by atoms with van der Waals surface area (Å²) in [6, 6.07) is -1.77. The zero-order valence-corrected chi connectivity index (χ0v) is 17.7. The van der Waals surface area contributed by atoms with Crippen LogP contribution in [0.25, 0.3) is 0 Å². The molecule has 1 aromatic heterocycles. The summed E-state index contributed by atoms with van der Waals surface area (Å²) in [4.78, 5) is 47.7. The molecule has 1 rings (SSSR count). The van der Waals surface area contributed by atoms with Crippen molar-refractivity contribution in [2.45, 2.75) is 52.5 Å². The van der Waals surface area contributed by atoms with Gasteiger partial charge >= 0.3 is 31.8 Å². The van der Waals surface area contributed by atoms with Crippen LogP contribution in [0, 0.1) is 5.82 Å². The summed E-state index contributed by atoms with van der Waals surface area (Å²) in [7, 11) is -2.46. The van der Waals surface area contributed by atoms with Gasteiger partial charge in [0.15, 0.2) is 6.16 Å². The molecular weight excluding hydrogens is 426 g/mol. The largest absolute Gasteiger partial charge is 0.514 e. The number of hydrogen-bond donors (Lipinski definition) is 1. The Morgan fingerprint density at radius 3 is 2.10 bits per heavy atom. The van der Waals surface area contributed by atoms with Gasteiger partial charge in [0.2, 0.25) is 5.82 Å². The van der Waals surface area contributed by atoms with Gasteiger partial charge in [0.25, 0.3) is 5.56 Å². The zero-order valence-electron chi connectivity index (χ0n) is 16.8. The number of rotatable bonds is 9. The van der Waals surface area contributed by atoms with Gasteiger partial charge < -0.3 is 18.9 Å². The lowest BCUT2D eigenvalue weighted by Crippen LogP contribution is -2.31. The van der Waals surface area contributed by atoms with Crippen LogP contribution in [0.15, 0.2) is 27.9 Å². The number of carbonyl (C=O) groups is 2. The molecule has 13 heteroatoms. The van der Waals surface area contributed by atoms with E-state index in [1.165, 1.54) is 12.2 Å². The third kappa shape index (κ3) is 8.99. The lowest BCUT2D eigenvalue weighted by molar-refractivity contribution is -0.0715. The van der Waals surface area contributed by atoms with Gasteiger partial charge in [-0.1, -0.05) is 10.6 Å². The third-order valence-electron chi connectivity index (χ3n) is 3.01. The van der Waals surface area contributed by atoms with Gasteiger partial charge in [0.05, 0.1) is 18.4 Å². The zero-order chi connectivity index (χ0) is 22.8. The Kier molecular flexibility index (Phi) is 9.90. The van der Waals surface area contributed by atoms with Crippen LogP contribution in [0.2, 0.25) is 0 Å². The molecule has 1 N–H and O–H groups in total. The second-order valence-corrected chi connectivity index (χ2v) is 7.96. The van der Waals surface area contributed by atoms with E-state index in [-0.39, 0.29) is 12.7 Å². The first-order valence-electron chi connectivity index (χ1n) is 8.82. The molecule has 0 fully saturated rings. The molecule has 30 heavy (non-hydrogen) atoms. The number of nitrogens with one attached hydrogen (secondary N) is 1. The van der Waals surface area contributed by atoms with Crippen LogP contribution < -0.4 is 11.2 Å². The molecule has 1 heterocycles. The van der Waals surface area contributed by atoms with E-state index in [1.807, 2.05) is 0 Å². The first kappa shape index (κ1) is 25.0. The molecule has 0 aromatic carbocycles. The number of aromatic nitrogens is 2. The Bertz CT molecular complexity index is 883. The average Bonchev–Trinajstić information content (AvgIpc) is 2.60. The average molecular weight is 449 g/mol. The molecule has 0 saturated heterocycles. The number of ether oxygens (including phenoxy) is 4. The van der Waals surface area contributed by atoms with Crippen molar-refractivity contribution in [3.05, 3.63) is 45.0 Å². The fourth-order valence-corrected chi connectivity index (χ4v) is 2.75. The second kappa shape index (κ2) is 11.9. The van der Waals surface area contributed by atoms with Crippen LogP contribution >= 0.6 is 7.80 Å². The van der Waals surface area contributed by atoms with E-state index in [1.54, 1.807) is 32.7 Å². The Morgan fingerprint density at radius 2 is 1.60 bits per heavy atom. The Morgan fingerprint density at radius 1 is 1.07 bits per heavy atom. The topological polar surface area (TPSA) is 143 Å². The van der Waals surface area contributed by atoms with Crippen molar-refractivity contribution < 1.29 is 37.5 Å². The molecule has 1 unspecified atom stereocenters. The van der Waals surface area contributed by atoms with E-state index in [4.69, 9.17) is 18.9 Å². The first-order chi connectivity index (χ1) is 14.0. The number of hydrogen-bond acceptors (Lipinski definition) is 9. The molecular formula is C17H23FN2O9P+. The van der Waals surface area contributed by atoms with Gasteiger partial charge in [0.1, 0.15) is 0 Å². The summed E-state index contributed by atoms with van der Waals surface area (Å²) in [6.07, 6.45) is -0.193. The van der Waals surface area contributed by atoms with Crippen molar-refractivity contribution in [1.29, 1.82) is 0 Å². The minimum atomic E-state index is -2.46. The van der Waals surface area contributed by atoms with Crippen LogP contribution in [0.5, 0.6) is 0 Å². The summed E-state index contributed by atoms with van der Waals surface area (Å²) in [6.45, 7) is 6.12. The van der Waals surface area contributed by atoms with Gasteiger partial charge in [-0.2, -0.15) is 4.39 Å². The number of nitrogens with zero attached hydrogens (tertiary/aromatic N) is 1. The van der Waals surface area contributed by atoms with Crippen molar-refractivity contribution >= 4 is 20.1 Å². The van der Waals surface area contributed by atoms with E-state index in [9.17, 15) is 28.1 Å². The molecule has 1 aromatic rings. The lowest BCUT2D eigenvalue weighted by atomic mass is 10.5. The molecule has 0 radical (unpaired) electrons. The van der Waals surface area contributed by atoms with Gasteiger partial charge in [-0.15, -0.1) is 0 Å². The maximum atomic E-state index is 13.2. The molecule has 0 saturated carbocycles. The fourth-order valence-electron chi connectivity index (χ4n) is 1.82. The Hall–Kier alpha value is -3.01. The summed E-state index contributed by atoms with van der Waals surface area (Å²) >= 11 is 0.